The number of hydrogen-bond acceptors (Lipinski definition) is 4. The van der Waals surface area contributed by atoms with Crippen LogP contribution < -0.4 is 20.1 Å². The van der Waals surface area contributed by atoms with Crippen LogP contribution in [0.15, 0.2) is 12.1 Å². The molecule has 0 bridgehead atoms. The summed E-state index contributed by atoms with van der Waals surface area (Å²) in [5, 5.41) is 6.02. The second-order valence-corrected chi connectivity index (χ2v) is 4.38. The van der Waals surface area contributed by atoms with Crippen molar-refractivity contribution in [3.63, 3.8) is 0 Å². The van der Waals surface area contributed by atoms with E-state index < -0.39 is 0 Å². The summed E-state index contributed by atoms with van der Waals surface area (Å²) in [7, 11) is 1.72. The third-order valence-corrected chi connectivity index (χ3v) is 3.03. The number of fused-ring (bicyclic) bond motifs is 1. The van der Waals surface area contributed by atoms with Gasteiger partial charge in [0.2, 0.25) is 5.91 Å². The van der Waals surface area contributed by atoms with Gasteiger partial charge in [-0.15, -0.1) is 0 Å². The van der Waals surface area contributed by atoms with E-state index in [1.807, 2.05) is 0 Å². The highest BCUT2D eigenvalue weighted by molar-refractivity contribution is 6.34. The van der Waals surface area contributed by atoms with E-state index in [0.29, 0.717) is 35.4 Å². The summed E-state index contributed by atoms with van der Waals surface area (Å²) in [6.45, 7) is 2.77. The molecule has 1 aliphatic rings. The molecule has 1 aromatic rings. The molecule has 0 fully saturated rings. The van der Waals surface area contributed by atoms with E-state index in [-0.39, 0.29) is 11.9 Å². The number of ether oxygens (including phenoxy) is 2. The Morgan fingerprint density at radius 2 is 1.94 bits per heavy atom. The Morgan fingerprint density at radius 3 is 2.56 bits per heavy atom. The van der Waals surface area contributed by atoms with Crippen molar-refractivity contribution in [1.29, 1.82) is 0 Å². The second kappa shape index (κ2) is 5.46. The van der Waals surface area contributed by atoms with Crippen molar-refractivity contribution in [2.45, 2.75) is 13.0 Å². The van der Waals surface area contributed by atoms with Crippen LogP contribution in [0, 0.1) is 0 Å². The van der Waals surface area contributed by atoms with Crippen LogP contribution in [0.5, 0.6) is 11.5 Å². The first-order valence-corrected chi connectivity index (χ1v) is 6.07. The predicted molar refractivity (Wildman–Crippen MR) is 69.6 cm³/mol. The van der Waals surface area contributed by atoms with Crippen molar-refractivity contribution < 1.29 is 14.3 Å². The van der Waals surface area contributed by atoms with Crippen molar-refractivity contribution in [2.75, 3.05) is 25.6 Å². The molecule has 6 heteroatoms. The minimum absolute atomic E-state index is 0.156. The highest BCUT2D eigenvalue weighted by Gasteiger charge is 2.17. The van der Waals surface area contributed by atoms with Crippen LogP contribution in [-0.4, -0.2) is 32.2 Å². The van der Waals surface area contributed by atoms with Crippen LogP contribution in [0.2, 0.25) is 5.02 Å². The molecular formula is C12H15ClN2O3. The Morgan fingerprint density at radius 1 is 1.33 bits per heavy atom. The summed E-state index contributed by atoms with van der Waals surface area (Å²) < 4.78 is 10.8. The Kier molecular flexibility index (Phi) is 3.93. The topological polar surface area (TPSA) is 59.6 Å². The van der Waals surface area contributed by atoms with Crippen molar-refractivity contribution >= 4 is 23.2 Å². The molecular weight excluding hydrogens is 256 g/mol. The molecule has 1 amide bonds. The molecule has 2 N–H and O–H groups in total. The number of likely N-dealkylation sites (N-methyl/N-ethyl adjacent to an activating group) is 1. The third kappa shape index (κ3) is 2.68. The number of carbonyl (C=O) groups excluding carboxylic acids is 1. The van der Waals surface area contributed by atoms with E-state index in [1.54, 1.807) is 26.1 Å². The number of nitrogens with one attached hydrogen (secondary N) is 2. The van der Waals surface area contributed by atoms with Crippen LogP contribution in [0.25, 0.3) is 0 Å². The van der Waals surface area contributed by atoms with E-state index in [2.05, 4.69) is 10.6 Å². The van der Waals surface area contributed by atoms with E-state index in [9.17, 15) is 4.79 Å². The number of rotatable bonds is 3. The first kappa shape index (κ1) is 13.0. The standard InChI is InChI=1S/C12H15ClN2O3/c1-7(14-2)12(16)15-9-6-11-10(5-8(9)13)17-3-4-18-11/h5-7,14H,3-4H2,1-2H3,(H,15,16). The van der Waals surface area contributed by atoms with E-state index in [1.165, 1.54) is 0 Å². The fourth-order valence-corrected chi connectivity index (χ4v) is 1.73. The molecule has 0 saturated carbocycles. The van der Waals surface area contributed by atoms with Gasteiger partial charge in [-0.05, 0) is 14.0 Å². The quantitative estimate of drug-likeness (QED) is 0.877. The highest BCUT2D eigenvalue weighted by atomic mass is 35.5. The maximum Gasteiger partial charge on any atom is 0.241 e. The zero-order valence-corrected chi connectivity index (χ0v) is 11.0. The largest absolute Gasteiger partial charge is 0.486 e. The fraction of sp³-hybridized carbons (Fsp3) is 0.417. The molecule has 0 aromatic heterocycles. The molecule has 1 heterocycles. The summed E-state index contributed by atoms with van der Waals surface area (Å²) >= 11 is 6.08. The van der Waals surface area contributed by atoms with Gasteiger partial charge in [-0.25, -0.2) is 0 Å². The van der Waals surface area contributed by atoms with Gasteiger partial charge in [0.15, 0.2) is 11.5 Å². The van der Waals surface area contributed by atoms with Crippen molar-refractivity contribution in [3.05, 3.63) is 17.2 Å². The zero-order valence-electron chi connectivity index (χ0n) is 10.2. The molecule has 1 aromatic carbocycles. The van der Waals surface area contributed by atoms with Gasteiger partial charge in [-0.2, -0.15) is 0 Å². The van der Waals surface area contributed by atoms with Gasteiger partial charge >= 0.3 is 0 Å². The molecule has 0 aliphatic carbocycles. The minimum Gasteiger partial charge on any atom is -0.486 e. The Hall–Kier alpha value is -1.46. The molecule has 98 valence electrons. The monoisotopic (exact) mass is 270 g/mol. The Balaban J connectivity index is 2.20. The lowest BCUT2D eigenvalue weighted by molar-refractivity contribution is -0.117. The van der Waals surface area contributed by atoms with Crippen LogP contribution in [-0.2, 0) is 4.79 Å². The molecule has 1 atom stereocenters. The highest BCUT2D eigenvalue weighted by Crippen LogP contribution is 2.37. The van der Waals surface area contributed by atoms with Gasteiger partial charge in [0.25, 0.3) is 0 Å². The van der Waals surface area contributed by atoms with Crippen LogP contribution in [0.1, 0.15) is 6.92 Å². The number of halogens is 1. The number of anilines is 1. The molecule has 0 spiro atoms. The average molecular weight is 271 g/mol. The number of benzene rings is 1. The van der Waals surface area contributed by atoms with E-state index in [4.69, 9.17) is 21.1 Å². The van der Waals surface area contributed by atoms with Crippen LogP contribution in [0.4, 0.5) is 5.69 Å². The van der Waals surface area contributed by atoms with Gasteiger partial charge in [0.1, 0.15) is 13.2 Å². The van der Waals surface area contributed by atoms with Gasteiger partial charge in [0, 0.05) is 12.1 Å². The summed E-state index contributed by atoms with van der Waals surface area (Å²) in [6.07, 6.45) is 0. The van der Waals surface area contributed by atoms with Gasteiger partial charge in [-0.3, -0.25) is 4.79 Å². The van der Waals surface area contributed by atoms with E-state index >= 15 is 0 Å². The molecule has 2 rings (SSSR count). The first-order chi connectivity index (χ1) is 8.61. The van der Waals surface area contributed by atoms with Gasteiger partial charge in [-0.1, -0.05) is 11.6 Å². The lowest BCUT2D eigenvalue weighted by Gasteiger charge is -2.20. The fourth-order valence-electron chi connectivity index (χ4n) is 1.53. The van der Waals surface area contributed by atoms with Crippen molar-refractivity contribution in [2.24, 2.45) is 0 Å². The van der Waals surface area contributed by atoms with Gasteiger partial charge < -0.3 is 20.1 Å². The predicted octanol–water partition coefficient (Wildman–Crippen LogP) is 1.66. The average Bonchev–Trinajstić information content (AvgIpc) is 2.38. The Labute approximate surface area is 110 Å². The number of amides is 1. The first-order valence-electron chi connectivity index (χ1n) is 5.69. The number of hydrogen-bond donors (Lipinski definition) is 2. The zero-order chi connectivity index (χ0) is 13.1. The molecule has 0 radical (unpaired) electrons. The smallest absolute Gasteiger partial charge is 0.241 e. The van der Waals surface area contributed by atoms with Crippen molar-refractivity contribution in [3.8, 4) is 11.5 Å². The minimum atomic E-state index is -0.297. The maximum absolute atomic E-state index is 11.8. The molecule has 18 heavy (non-hydrogen) atoms. The summed E-state index contributed by atoms with van der Waals surface area (Å²) in [6, 6.07) is 3.03. The van der Waals surface area contributed by atoms with Crippen LogP contribution in [0.3, 0.4) is 0 Å². The summed E-state index contributed by atoms with van der Waals surface area (Å²) in [5.74, 6) is 1.04. The summed E-state index contributed by atoms with van der Waals surface area (Å²) in [4.78, 5) is 11.8. The molecule has 1 unspecified atom stereocenters. The lowest BCUT2D eigenvalue weighted by atomic mass is 10.2. The maximum atomic E-state index is 11.8. The molecule has 0 saturated heterocycles. The van der Waals surface area contributed by atoms with E-state index in [0.717, 1.165) is 0 Å². The molecule has 5 nitrogen and oxygen atoms in total. The van der Waals surface area contributed by atoms with Crippen LogP contribution >= 0.6 is 11.6 Å². The SMILES string of the molecule is CNC(C)C(=O)Nc1cc2c(cc1Cl)OCCO2. The third-order valence-electron chi connectivity index (χ3n) is 2.72. The lowest BCUT2D eigenvalue weighted by Crippen LogP contribution is -2.35. The Bertz CT molecular complexity index is 465. The van der Waals surface area contributed by atoms with Crippen molar-refractivity contribution in [1.82, 2.24) is 5.32 Å². The van der Waals surface area contributed by atoms with Gasteiger partial charge in [0.05, 0.1) is 16.8 Å². The number of carbonyl (C=O) groups is 1. The summed E-state index contributed by atoms with van der Waals surface area (Å²) in [5.41, 5.74) is 0.521. The molecule has 1 aliphatic heterocycles. The normalized spacial score (nSPS) is 15.1. The second-order valence-electron chi connectivity index (χ2n) is 3.98.